The zero-order chi connectivity index (χ0) is 18.1. The number of pyridine rings is 1. The van der Waals surface area contributed by atoms with Crippen molar-refractivity contribution in [2.45, 2.75) is 65.8 Å². The van der Waals surface area contributed by atoms with Gasteiger partial charge in [0.2, 0.25) is 0 Å². The van der Waals surface area contributed by atoms with Crippen molar-refractivity contribution in [3.8, 4) is 0 Å². The van der Waals surface area contributed by atoms with Gasteiger partial charge in [-0.2, -0.15) is 0 Å². The molecule has 6 nitrogen and oxygen atoms in total. The summed E-state index contributed by atoms with van der Waals surface area (Å²) in [4.78, 5) is 35.6. The number of carboxylic acid groups (broad SMARTS) is 1. The molecular weight excluding hydrogens is 308 g/mol. The Labute approximate surface area is 142 Å². The second-order valence-corrected chi connectivity index (χ2v) is 5.84. The number of aliphatic carboxylic acids is 1. The van der Waals surface area contributed by atoms with Gasteiger partial charge in [-0.15, -0.1) is 0 Å². The van der Waals surface area contributed by atoms with Crippen LogP contribution in [0.25, 0.3) is 0 Å². The highest BCUT2D eigenvalue weighted by atomic mass is 16.4. The quantitative estimate of drug-likeness (QED) is 0.686. The topological polar surface area (TPSA) is 88.4 Å². The van der Waals surface area contributed by atoms with Gasteiger partial charge in [0.05, 0.1) is 6.42 Å². The van der Waals surface area contributed by atoms with Gasteiger partial charge in [-0.1, -0.05) is 33.6 Å². The minimum Gasteiger partial charge on any atom is -0.481 e. The molecule has 0 spiro atoms. The van der Waals surface area contributed by atoms with Crippen LogP contribution in [-0.4, -0.2) is 28.1 Å². The van der Waals surface area contributed by atoms with Crippen LogP contribution >= 0.6 is 0 Å². The van der Waals surface area contributed by atoms with Gasteiger partial charge in [0.25, 0.3) is 11.5 Å². The minimum absolute atomic E-state index is 0.0146. The molecule has 0 radical (unpaired) electrons. The number of aryl methyl sites for hydroxylation is 1. The molecule has 1 aromatic heterocycles. The highest BCUT2D eigenvalue weighted by Crippen LogP contribution is 2.14. The number of nitrogens with one attached hydrogen (secondary N) is 1. The number of carbonyl (C=O) groups excluding carboxylic acids is 1. The molecule has 1 amide bonds. The van der Waals surface area contributed by atoms with Crippen LogP contribution in [0, 0.1) is 0 Å². The van der Waals surface area contributed by atoms with Crippen LogP contribution in [0.5, 0.6) is 0 Å². The predicted molar refractivity (Wildman–Crippen MR) is 93.6 cm³/mol. The highest BCUT2D eigenvalue weighted by molar-refractivity contribution is 5.94. The van der Waals surface area contributed by atoms with Crippen LogP contribution in [0.15, 0.2) is 10.9 Å². The summed E-state index contributed by atoms with van der Waals surface area (Å²) in [5.41, 5.74) is 1.85. The molecule has 0 unspecified atom stereocenters. The molecule has 0 atom stereocenters. The van der Waals surface area contributed by atoms with E-state index < -0.39 is 11.9 Å². The first-order valence-electron chi connectivity index (χ1n) is 8.71. The maximum absolute atomic E-state index is 12.8. The van der Waals surface area contributed by atoms with Crippen molar-refractivity contribution in [2.75, 3.05) is 6.54 Å². The molecule has 24 heavy (non-hydrogen) atoms. The molecule has 0 aromatic carbocycles. The van der Waals surface area contributed by atoms with Gasteiger partial charge in [0.1, 0.15) is 5.56 Å². The lowest BCUT2D eigenvalue weighted by atomic mass is 10.0. The van der Waals surface area contributed by atoms with Gasteiger partial charge < -0.3 is 15.0 Å². The molecule has 6 heteroatoms. The fourth-order valence-electron chi connectivity index (χ4n) is 2.69. The Kier molecular flexibility index (Phi) is 8.22. The van der Waals surface area contributed by atoms with Gasteiger partial charge in [-0.25, -0.2) is 0 Å². The number of carboxylic acids is 1. The summed E-state index contributed by atoms with van der Waals surface area (Å²) < 4.78 is 1.73. The van der Waals surface area contributed by atoms with Crippen molar-refractivity contribution in [3.63, 3.8) is 0 Å². The number of hydrogen-bond donors (Lipinski definition) is 2. The third kappa shape index (κ3) is 5.22. The number of rotatable bonds is 10. The van der Waals surface area contributed by atoms with Crippen LogP contribution in [0.2, 0.25) is 0 Å². The first-order valence-corrected chi connectivity index (χ1v) is 8.71. The molecule has 0 saturated carbocycles. The van der Waals surface area contributed by atoms with Gasteiger partial charge in [-0.3, -0.25) is 14.4 Å². The molecule has 1 rings (SSSR count). The predicted octanol–water partition coefficient (Wildman–Crippen LogP) is 2.37. The summed E-state index contributed by atoms with van der Waals surface area (Å²) in [6.45, 7) is 6.76. The summed E-state index contributed by atoms with van der Waals surface area (Å²) in [7, 11) is 0. The maximum Gasteiger partial charge on any atom is 0.305 e. The van der Waals surface area contributed by atoms with Crippen LogP contribution < -0.4 is 10.9 Å². The van der Waals surface area contributed by atoms with E-state index in [0.29, 0.717) is 6.54 Å². The van der Waals surface area contributed by atoms with Gasteiger partial charge in [0, 0.05) is 18.8 Å². The number of carbonyl (C=O) groups is 2. The number of aromatic nitrogens is 1. The summed E-state index contributed by atoms with van der Waals surface area (Å²) >= 11 is 0. The standard InChI is InChI=1S/C18H28N2O4/c1-4-7-11-20-15(8-5-2)13(6-3)12-14(18(20)24)17(23)19-10-9-16(21)22/h12H,4-11H2,1-3H3,(H,19,23)(H,21,22). The molecule has 2 N–H and O–H groups in total. The van der Waals surface area contributed by atoms with Crippen LogP contribution in [0.4, 0.5) is 0 Å². The highest BCUT2D eigenvalue weighted by Gasteiger charge is 2.18. The normalized spacial score (nSPS) is 10.6. The number of hydrogen-bond acceptors (Lipinski definition) is 3. The van der Waals surface area contributed by atoms with Crippen molar-refractivity contribution < 1.29 is 14.7 Å². The Bertz CT molecular complexity index is 635. The monoisotopic (exact) mass is 336 g/mol. The molecule has 134 valence electrons. The lowest BCUT2D eigenvalue weighted by Gasteiger charge is -2.18. The van der Waals surface area contributed by atoms with Crippen molar-refractivity contribution in [1.29, 1.82) is 0 Å². The fourth-order valence-corrected chi connectivity index (χ4v) is 2.69. The molecular formula is C18H28N2O4. The molecule has 1 heterocycles. The summed E-state index contributed by atoms with van der Waals surface area (Å²) in [5, 5.41) is 11.2. The number of nitrogens with zero attached hydrogens (tertiary/aromatic N) is 1. The van der Waals surface area contributed by atoms with Gasteiger partial charge in [0.15, 0.2) is 0 Å². The Morgan fingerprint density at radius 2 is 1.92 bits per heavy atom. The molecule has 0 saturated heterocycles. The molecule has 0 aliphatic heterocycles. The first-order chi connectivity index (χ1) is 11.5. The zero-order valence-corrected chi connectivity index (χ0v) is 14.9. The van der Waals surface area contributed by atoms with E-state index in [4.69, 9.17) is 5.11 Å². The Hall–Kier alpha value is -2.11. The van der Waals surface area contributed by atoms with Crippen molar-refractivity contribution >= 4 is 11.9 Å². The van der Waals surface area contributed by atoms with E-state index in [0.717, 1.165) is 43.4 Å². The van der Waals surface area contributed by atoms with Crippen molar-refractivity contribution in [3.05, 3.63) is 33.2 Å². The average molecular weight is 336 g/mol. The number of amides is 1. The second-order valence-electron chi connectivity index (χ2n) is 5.84. The Balaban J connectivity index is 3.22. The number of unbranched alkanes of at least 4 members (excludes halogenated alkanes) is 1. The van der Waals surface area contributed by atoms with Gasteiger partial charge >= 0.3 is 5.97 Å². The van der Waals surface area contributed by atoms with Crippen molar-refractivity contribution in [1.82, 2.24) is 9.88 Å². The second kappa shape index (κ2) is 9.90. The minimum atomic E-state index is -0.983. The Morgan fingerprint density at radius 3 is 2.46 bits per heavy atom. The molecule has 0 aliphatic rings. The third-order valence-electron chi connectivity index (χ3n) is 3.96. The summed E-state index contributed by atoms with van der Waals surface area (Å²) in [5.74, 6) is -1.48. The molecule has 0 aliphatic carbocycles. The van der Waals surface area contributed by atoms with E-state index in [2.05, 4.69) is 19.2 Å². The van der Waals surface area contributed by atoms with Crippen molar-refractivity contribution in [2.24, 2.45) is 0 Å². The molecule has 0 bridgehead atoms. The van der Waals surface area contributed by atoms with E-state index in [1.807, 2.05) is 6.92 Å². The van der Waals surface area contributed by atoms with E-state index in [9.17, 15) is 14.4 Å². The van der Waals surface area contributed by atoms with E-state index in [1.165, 1.54) is 0 Å². The SMILES string of the molecule is CCCCn1c(CCC)c(CC)cc(C(=O)NCCC(=O)O)c1=O. The maximum atomic E-state index is 12.8. The summed E-state index contributed by atoms with van der Waals surface area (Å²) in [6.07, 6.45) is 4.17. The Morgan fingerprint density at radius 1 is 1.21 bits per heavy atom. The van der Waals surface area contributed by atoms with E-state index >= 15 is 0 Å². The van der Waals surface area contributed by atoms with E-state index in [1.54, 1.807) is 10.6 Å². The van der Waals surface area contributed by atoms with Gasteiger partial charge in [-0.05, 0) is 30.9 Å². The largest absolute Gasteiger partial charge is 0.481 e. The zero-order valence-electron chi connectivity index (χ0n) is 14.9. The third-order valence-corrected chi connectivity index (χ3v) is 3.96. The lowest BCUT2D eigenvalue weighted by molar-refractivity contribution is -0.136. The summed E-state index contributed by atoms with van der Waals surface area (Å²) in [6, 6.07) is 1.67. The van der Waals surface area contributed by atoms with Crippen LogP contribution in [0.1, 0.15) is 68.1 Å². The molecule has 0 fully saturated rings. The fraction of sp³-hybridized carbons (Fsp3) is 0.611. The molecule has 1 aromatic rings. The lowest BCUT2D eigenvalue weighted by Crippen LogP contribution is -2.36. The van der Waals surface area contributed by atoms with E-state index in [-0.39, 0.29) is 24.1 Å². The van der Waals surface area contributed by atoms with Crippen LogP contribution in [-0.2, 0) is 24.2 Å². The smallest absolute Gasteiger partial charge is 0.305 e. The van der Waals surface area contributed by atoms with Crippen LogP contribution in [0.3, 0.4) is 0 Å². The average Bonchev–Trinajstić information content (AvgIpc) is 2.54. The first kappa shape index (κ1) is 19.9.